The number of carbonyl (C=O) groups is 1. The first-order valence-corrected chi connectivity index (χ1v) is 11.7. The van der Waals surface area contributed by atoms with Gasteiger partial charge < -0.3 is 25.0 Å². The van der Waals surface area contributed by atoms with Crippen molar-refractivity contribution in [1.82, 2.24) is 19.6 Å². The van der Waals surface area contributed by atoms with Gasteiger partial charge in [-0.1, -0.05) is 35.7 Å². The molecule has 1 aliphatic heterocycles. The van der Waals surface area contributed by atoms with Gasteiger partial charge in [0.15, 0.2) is 11.5 Å². The van der Waals surface area contributed by atoms with Crippen molar-refractivity contribution in [1.29, 1.82) is 0 Å². The molecule has 176 valence electrons. The van der Waals surface area contributed by atoms with Gasteiger partial charge in [0.2, 0.25) is 0 Å². The molecule has 1 saturated heterocycles. The highest BCUT2D eigenvalue weighted by Crippen LogP contribution is 2.32. The third-order valence-corrected chi connectivity index (χ3v) is 6.21. The number of likely N-dealkylation sites (tertiary alicyclic amines) is 1. The van der Waals surface area contributed by atoms with E-state index in [0.29, 0.717) is 11.0 Å². The van der Waals surface area contributed by atoms with E-state index >= 15 is 4.39 Å². The van der Waals surface area contributed by atoms with Gasteiger partial charge in [-0.25, -0.2) is 13.8 Å². The number of β-amino-alcohol motifs (C(OH)–C–C–N with tert-alkyl or cyclic N) is 1. The van der Waals surface area contributed by atoms with Crippen LogP contribution in [0.5, 0.6) is 0 Å². The Morgan fingerprint density at radius 2 is 2.09 bits per heavy atom. The van der Waals surface area contributed by atoms with E-state index < -0.39 is 23.1 Å². The highest BCUT2D eigenvalue weighted by atomic mass is 79.9. The topological polar surface area (TPSA) is 81.9 Å². The fourth-order valence-corrected chi connectivity index (χ4v) is 4.27. The average Bonchev–Trinajstić information content (AvgIpc) is 3.23. The third kappa shape index (κ3) is 5.02. The summed E-state index contributed by atoms with van der Waals surface area (Å²) in [4.78, 5) is 18.7. The second-order valence-corrected chi connectivity index (χ2v) is 9.32. The second kappa shape index (κ2) is 9.74. The lowest BCUT2D eigenvalue weighted by Gasteiger charge is -2.46. The van der Waals surface area contributed by atoms with Crippen molar-refractivity contribution >= 4 is 38.9 Å². The molecule has 2 aromatic heterocycles. The quantitative estimate of drug-likeness (QED) is 0.369. The number of imidazole rings is 1. The van der Waals surface area contributed by atoms with Crippen LogP contribution in [0.1, 0.15) is 36.5 Å². The molecule has 3 heterocycles. The first-order valence-electron chi connectivity index (χ1n) is 10.9. The minimum atomic E-state index is -1.02. The number of aromatic nitrogens is 2. The van der Waals surface area contributed by atoms with Crippen LogP contribution in [0, 0.1) is 11.6 Å². The maximum Gasteiger partial charge on any atom is 0.257 e. The molecule has 0 atom stereocenters. The monoisotopic (exact) mass is 521 g/mol. The predicted octanol–water partition coefficient (Wildman–Crippen LogP) is 4.09. The van der Waals surface area contributed by atoms with Crippen molar-refractivity contribution in [2.24, 2.45) is 0 Å². The van der Waals surface area contributed by atoms with E-state index in [1.54, 1.807) is 6.07 Å². The van der Waals surface area contributed by atoms with Gasteiger partial charge >= 0.3 is 0 Å². The average molecular weight is 522 g/mol. The number of hydrogen-bond donors (Lipinski definition) is 3. The van der Waals surface area contributed by atoms with Gasteiger partial charge in [0.05, 0.1) is 30.0 Å². The molecule has 0 saturated carbocycles. The lowest BCUT2D eigenvalue weighted by Crippen LogP contribution is -2.67. The molecular weight excluding hydrogens is 496 g/mol. The molecule has 7 nitrogen and oxygen atoms in total. The van der Waals surface area contributed by atoms with Crippen molar-refractivity contribution in [3.8, 4) is 0 Å². The summed E-state index contributed by atoms with van der Waals surface area (Å²) in [6, 6.07) is 4.32. The van der Waals surface area contributed by atoms with E-state index in [2.05, 4.69) is 38.5 Å². The zero-order valence-electron chi connectivity index (χ0n) is 18.2. The molecule has 0 unspecified atom stereocenters. The van der Waals surface area contributed by atoms with Crippen LogP contribution in [-0.2, 0) is 0 Å². The summed E-state index contributed by atoms with van der Waals surface area (Å²) in [5.41, 5.74) is -1.11. The van der Waals surface area contributed by atoms with Gasteiger partial charge in [0.1, 0.15) is 11.4 Å². The molecule has 1 aliphatic rings. The first kappa shape index (κ1) is 23.6. The molecular formula is C23H26BrF2N5O2. The number of benzene rings is 1. The number of unbranched alkanes of at least 4 members (excludes halogenated alkanes) is 2. The van der Waals surface area contributed by atoms with Crippen LogP contribution in [0.25, 0.3) is 5.65 Å². The third-order valence-electron chi connectivity index (χ3n) is 5.71. The minimum Gasteiger partial charge on any atom is -0.385 e. The van der Waals surface area contributed by atoms with Crippen molar-refractivity contribution < 1.29 is 18.7 Å². The molecule has 1 amide bonds. The number of hydrogen-bond acceptors (Lipinski definition) is 5. The van der Waals surface area contributed by atoms with Crippen molar-refractivity contribution in [3.05, 3.63) is 58.5 Å². The fraction of sp³-hybridized carbons (Fsp3) is 0.391. The Kier molecular flexibility index (Phi) is 6.96. The SMILES string of the molecule is CCCCCNCC1(O)CN(C(=O)c2cn3ccnc3c(F)c2Nc2ccc(Br)cc2F)C1. The number of aliphatic hydroxyl groups is 1. The molecule has 1 fully saturated rings. The van der Waals surface area contributed by atoms with Crippen LogP contribution < -0.4 is 10.6 Å². The predicted molar refractivity (Wildman–Crippen MR) is 126 cm³/mol. The number of pyridine rings is 1. The fourth-order valence-electron chi connectivity index (χ4n) is 3.94. The highest BCUT2D eigenvalue weighted by molar-refractivity contribution is 9.10. The molecule has 33 heavy (non-hydrogen) atoms. The first-order chi connectivity index (χ1) is 15.8. The standard InChI is InChI=1S/C23H26BrF2N5O2/c1-2-3-4-7-27-12-23(33)13-31(14-23)22(32)16-11-30-9-8-28-21(30)19(26)20(16)29-18-6-5-15(24)10-17(18)25/h5-6,8-11,27,29,33H,2-4,7,12-14H2,1H3. The summed E-state index contributed by atoms with van der Waals surface area (Å²) in [6.07, 6.45) is 7.68. The smallest absolute Gasteiger partial charge is 0.257 e. The Balaban J connectivity index is 1.54. The van der Waals surface area contributed by atoms with Crippen LogP contribution in [0.4, 0.5) is 20.2 Å². The molecule has 3 aromatic rings. The number of nitrogens with zero attached hydrogens (tertiary/aromatic N) is 3. The Labute approximate surface area is 198 Å². The Morgan fingerprint density at radius 3 is 2.82 bits per heavy atom. The van der Waals surface area contributed by atoms with Crippen LogP contribution in [0.15, 0.2) is 41.3 Å². The summed E-state index contributed by atoms with van der Waals surface area (Å²) in [5, 5.41) is 16.6. The maximum atomic E-state index is 15.3. The zero-order valence-corrected chi connectivity index (χ0v) is 19.8. The van der Waals surface area contributed by atoms with E-state index in [0.717, 1.165) is 25.8 Å². The summed E-state index contributed by atoms with van der Waals surface area (Å²) in [7, 11) is 0. The van der Waals surface area contributed by atoms with Gasteiger partial charge in [-0.15, -0.1) is 0 Å². The number of nitrogens with one attached hydrogen (secondary N) is 2. The maximum absolute atomic E-state index is 15.3. The van der Waals surface area contributed by atoms with E-state index in [1.165, 1.54) is 40.0 Å². The van der Waals surface area contributed by atoms with E-state index in [-0.39, 0.29) is 35.7 Å². The number of carbonyl (C=O) groups excluding carboxylic acids is 1. The summed E-state index contributed by atoms with van der Waals surface area (Å²) in [5.74, 6) is -1.82. The van der Waals surface area contributed by atoms with E-state index in [9.17, 15) is 14.3 Å². The van der Waals surface area contributed by atoms with Crippen LogP contribution >= 0.6 is 15.9 Å². The van der Waals surface area contributed by atoms with Gasteiger partial charge in [0, 0.05) is 29.6 Å². The molecule has 0 spiro atoms. The molecule has 0 radical (unpaired) electrons. The number of fused-ring (bicyclic) bond motifs is 1. The van der Waals surface area contributed by atoms with Crippen molar-refractivity contribution in [2.45, 2.75) is 31.8 Å². The van der Waals surface area contributed by atoms with Crippen LogP contribution in [0.2, 0.25) is 0 Å². The minimum absolute atomic E-state index is 0.0166. The zero-order chi connectivity index (χ0) is 23.6. The van der Waals surface area contributed by atoms with Gasteiger partial charge in [0.25, 0.3) is 5.91 Å². The summed E-state index contributed by atoms with van der Waals surface area (Å²) >= 11 is 3.19. The molecule has 1 aromatic carbocycles. The van der Waals surface area contributed by atoms with E-state index in [1.807, 2.05) is 0 Å². The highest BCUT2D eigenvalue weighted by Gasteiger charge is 2.44. The Morgan fingerprint density at radius 1 is 1.30 bits per heavy atom. The summed E-state index contributed by atoms with van der Waals surface area (Å²) < 4.78 is 31.7. The number of amides is 1. The molecule has 3 N–H and O–H groups in total. The Hall–Kier alpha value is -2.56. The largest absolute Gasteiger partial charge is 0.385 e. The number of rotatable bonds is 9. The summed E-state index contributed by atoms with van der Waals surface area (Å²) in [6.45, 7) is 3.57. The van der Waals surface area contributed by atoms with Gasteiger partial charge in [-0.3, -0.25) is 4.79 Å². The number of halogens is 3. The molecule has 0 bridgehead atoms. The second-order valence-electron chi connectivity index (χ2n) is 8.41. The lowest BCUT2D eigenvalue weighted by atomic mass is 9.93. The Bertz CT molecular complexity index is 1160. The lowest BCUT2D eigenvalue weighted by molar-refractivity contribution is -0.0784. The van der Waals surface area contributed by atoms with Crippen LogP contribution in [0.3, 0.4) is 0 Å². The molecule has 4 rings (SSSR count). The van der Waals surface area contributed by atoms with Crippen molar-refractivity contribution in [3.63, 3.8) is 0 Å². The normalized spacial score (nSPS) is 15.0. The number of anilines is 2. The van der Waals surface area contributed by atoms with E-state index in [4.69, 9.17) is 0 Å². The van der Waals surface area contributed by atoms with Gasteiger partial charge in [-0.05, 0) is 31.2 Å². The van der Waals surface area contributed by atoms with Crippen LogP contribution in [-0.4, -0.2) is 57.1 Å². The molecule has 0 aliphatic carbocycles. The van der Waals surface area contributed by atoms with Gasteiger partial charge in [-0.2, -0.15) is 0 Å². The van der Waals surface area contributed by atoms with Crippen molar-refractivity contribution in [2.75, 3.05) is 31.5 Å². The molecule has 10 heteroatoms.